The SMILES string of the molecule is COC(=O)c1ccc(C)c(NC2CCCCC2C(C)C)c1. The van der Waals surface area contributed by atoms with Gasteiger partial charge in [-0.3, -0.25) is 0 Å². The molecule has 1 aromatic carbocycles. The fourth-order valence-corrected chi connectivity index (χ4v) is 3.36. The number of benzene rings is 1. The van der Waals surface area contributed by atoms with Crippen LogP contribution in [0.3, 0.4) is 0 Å². The van der Waals surface area contributed by atoms with Gasteiger partial charge in [0.05, 0.1) is 12.7 Å². The van der Waals surface area contributed by atoms with Crippen molar-refractivity contribution in [2.45, 2.75) is 52.5 Å². The van der Waals surface area contributed by atoms with Crippen LogP contribution in [0.4, 0.5) is 5.69 Å². The topological polar surface area (TPSA) is 38.3 Å². The Bertz CT molecular complexity index is 496. The summed E-state index contributed by atoms with van der Waals surface area (Å²) in [5.41, 5.74) is 2.86. The Morgan fingerprint density at radius 1 is 1.29 bits per heavy atom. The van der Waals surface area contributed by atoms with Crippen LogP contribution in [0, 0.1) is 18.8 Å². The van der Waals surface area contributed by atoms with Gasteiger partial charge in [0.15, 0.2) is 0 Å². The number of carbonyl (C=O) groups is 1. The van der Waals surface area contributed by atoms with Gasteiger partial charge in [-0.05, 0) is 49.3 Å². The maximum atomic E-state index is 11.7. The third-order valence-corrected chi connectivity index (χ3v) is 4.68. The quantitative estimate of drug-likeness (QED) is 0.834. The smallest absolute Gasteiger partial charge is 0.337 e. The van der Waals surface area contributed by atoms with Crippen molar-refractivity contribution < 1.29 is 9.53 Å². The van der Waals surface area contributed by atoms with Crippen molar-refractivity contribution in [3.63, 3.8) is 0 Å². The Morgan fingerprint density at radius 2 is 2.00 bits per heavy atom. The molecule has 0 aliphatic heterocycles. The van der Waals surface area contributed by atoms with E-state index in [-0.39, 0.29) is 5.97 Å². The summed E-state index contributed by atoms with van der Waals surface area (Å²) in [4.78, 5) is 11.7. The predicted molar refractivity (Wildman–Crippen MR) is 86.7 cm³/mol. The molecule has 2 atom stereocenters. The Morgan fingerprint density at radius 3 is 2.67 bits per heavy atom. The predicted octanol–water partition coefficient (Wildman–Crippen LogP) is 4.41. The fraction of sp³-hybridized carbons (Fsp3) is 0.611. The summed E-state index contributed by atoms with van der Waals surface area (Å²) in [6.07, 6.45) is 5.13. The first kappa shape index (κ1) is 15.9. The largest absolute Gasteiger partial charge is 0.465 e. The van der Waals surface area contributed by atoms with E-state index in [9.17, 15) is 4.79 Å². The molecule has 3 nitrogen and oxygen atoms in total. The van der Waals surface area contributed by atoms with Gasteiger partial charge in [-0.25, -0.2) is 4.79 Å². The number of anilines is 1. The van der Waals surface area contributed by atoms with E-state index in [0.29, 0.717) is 23.4 Å². The lowest BCUT2D eigenvalue weighted by Crippen LogP contribution is -2.35. The van der Waals surface area contributed by atoms with E-state index in [4.69, 9.17) is 4.74 Å². The van der Waals surface area contributed by atoms with Crippen LogP contribution >= 0.6 is 0 Å². The van der Waals surface area contributed by atoms with Gasteiger partial charge in [0.25, 0.3) is 0 Å². The second kappa shape index (κ2) is 6.97. The summed E-state index contributed by atoms with van der Waals surface area (Å²) < 4.78 is 4.81. The van der Waals surface area contributed by atoms with Gasteiger partial charge in [-0.15, -0.1) is 0 Å². The van der Waals surface area contributed by atoms with Crippen LogP contribution in [0.2, 0.25) is 0 Å². The first-order valence-corrected chi connectivity index (χ1v) is 7.98. The molecule has 1 fully saturated rings. The van der Waals surface area contributed by atoms with E-state index in [1.54, 1.807) is 0 Å². The third-order valence-electron chi connectivity index (χ3n) is 4.68. The Labute approximate surface area is 128 Å². The molecule has 116 valence electrons. The van der Waals surface area contributed by atoms with E-state index in [1.165, 1.54) is 38.4 Å². The summed E-state index contributed by atoms with van der Waals surface area (Å²) in [7, 11) is 1.42. The molecule has 3 heteroatoms. The molecule has 0 saturated heterocycles. The Kier molecular flexibility index (Phi) is 5.27. The molecule has 0 heterocycles. The van der Waals surface area contributed by atoms with Crippen molar-refractivity contribution in [1.29, 1.82) is 0 Å². The number of nitrogens with one attached hydrogen (secondary N) is 1. The molecule has 1 aliphatic carbocycles. The summed E-state index contributed by atoms with van der Waals surface area (Å²) >= 11 is 0. The minimum absolute atomic E-state index is 0.276. The molecule has 0 amide bonds. The van der Waals surface area contributed by atoms with Crippen molar-refractivity contribution in [3.05, 3.63) is 29.3 Å². The fourth-order valence-electron chi connectivity index (χ4n) is 3.36. The van der Waals surface area contributed by atoms with E-state index in [2.05, 4.69) is 26.1 Å². The van der Waals surface area contributed by atoms with E-state index in [0.717, 1.165) is 5.69 Å². The summed E-state index contributed by atoms with van der Waals surface area (Å²) in [5, 5.41) is 3.69. The second-order valence-corrected chi connectivity index (χ2v) is 6.46. The lowest BCUT2D eigenvalue weighted by molar-refractivity contribution is 0.0601. The minimum atomic E-state index is -0.276. The average Bonchev–Trinajstić information content (AvgIpc) is 2.49. The average molecular weight is 289 g/mol. The van der Waals surface area contributed by atoms with Gasteiger partial charge in [-0.1, -0.05) is 32.8 Å². The van der Waals surface area contributed by atoms with Crippen molar-refractivity contribution in [1.82, 2.24) is 0 Å². The molecule has 1 aromatic rings. The molecule has 21 heavy (non-hydrogen) atoms. The lowest BCUT2D eigenvalue weighted by atomic mass is 9.77. The molecule has 2 rings (SSSR count). The Balaban J connectivity index is 2.19. The zero-order chi connectivity index (χ0) is 15.4. The van der Waals surface area contributed by atoms with Crippen LogP contribution < -0.4 is 5.32 Å². The first-order chi connectivity index (χ1) is 10.0. The number of rotatable bonds is 4. The molecule has 0 aromatic heterocycles. The van der Waals surface area contributed by atoms with E-state index >= 15 is 0 Å². The summed E-state index contributed by atoms with van der Waals surface area (Å²) in [6.45, 7) is 6.70. The van der Waals surface area contributed by atoms with Gasteiger partial charge >= 0.3 is 5.97 Å². The summed E-state index contributed by atoms with van der Waals surface area (Å²) in [5.74, 6) is 1.12. The summed E-state index contributed by atoms with van der Waals surface area (Å²) in [6, 6.07) is 6.24. The molecular weight excluding hydrogens is 262 g/mol. The van der Waals surface area contributed by atoms with Crippen LogP contribution in [-0.4, -0.2) is 19.1 Å². The molecule has 2 unspecified atom stereocenters. The van der Waals surface area contributed by atoms with E-state index < -0.39 is 0 Å². The highest BCUT2D eigenvalue weighted by atomic mass is 16.5. The molecule has 1 saturated carbocycles. The van der Waals surface area contributed by atoms with Crippen molar-refractivity contribution in [2.75, 3.05) is 12.4 Å². The third kappa shape index (κ3) is 3.78. The van der Waals surface area contributed by atoms with Crippen molar-refractivity contribution in [2.24, 2.45) is 11.8 Å². The van der Waals surface area contributed by atoms with Gasteiger partial charge in [0.1, 0.15) is 0 Å². The van der Waals surface area contributed by atoms with Gasteiger partial charge in [0, 0.05) is 11.7 Å². The van der Waals surface area contributed by atoms with Crippen LogP contribution in [0.5, 0.6) is 0 Å². The first-order valence-electron chi connectivity index (χ1n) is 7.98. The number of hydrogen-bond donors (Lipinski definition) is 1. The number of aryl methyl sites for hydroxylation is 1. The molecule has 1 N–H and O–H groups in total. The molecule has 0 spiro atoms. The van der Waals surface area contributed by atoms with E-state index in [1.807, 2.05) is 18.2 Å². The van der Waals surface area contributed by atoms with Gasteiger partial charge in [-0.2, -0.15) is 0 Å². The van der Waals surface area contributed by atoms with Crippen LogP contribution in [0.25, 0.3) is 0 Å². The molecule has 1 aliphatic rings. The number of carbonyl (C=O) groups excluding carboxylic acids is 1. The number of esters is 1. The molecule has 0 bridgehead atoms. The van der Waals surface area contributed by atoms with Crippen LogP contribution in [0.1, 0.15) is 55.5 Å². The zero-order valence-corrected chi connectivity index (χ0v) is 13.6. The number of methoxy groups -OCH3 is 1. The maximum absolute atomic E-state index is 11.7. The normalized spacial score (nSPS) is 22.1. The standard InChI is InChI=1S/C18H27NO2/c1-12(2)15-7-5-6-8-16(15)19-17-11-14(18(20)21-4)10-9-13(17)3/h9-12,15-16,19H,5-8H2,1-4H3. The minimum Gasteiger partial charge on any atom is -0.465 e. The highest BCUT2D eigenvalue weighted by molar-refractivity contribution is 5.90. The maximum Gasteiger partial charge on any atom is 0.337 e. The second-order valence-electron chi connectivity index (χ2n) is 6.46. The monoisotopic (exact) mass is 289 g/mol. The number of hydrogen-bond acceptors (Lipinski definition) is 3. The Hall–Kier alpha value is -1.51. The molecule has 0 radical (unpaired) electrons. The van der Waals surface area contributed by atoms with Crippen LogP contribution in [0.15, 0.2) is 18.2 Å². The lowest BCUT2D eigenvalue weighted by Gasteiger charge is -2.36. The van der Waals surface area contributed by atoms with Gasteiger partial charge < -0.3 is 10.1 Å². The van der Waals surface area contributed by atoms with Crippen molar-refractivity contribution >= 4 is 11.7 Å². The highest BCUT2D eigenvalue weighted by Crippen LogP contribution is 2.33. The van der Waals surface area contributed by atoms with Gasteiger partial charge in [0.2, 0.25) is 0 Å². The zero-order valence-electron chi connectivity index (χ0n) is 13.6. The highest BCUT2D eigenvalue weighted by Gasteiger charge is 2.27. The number of ether oxygens (including phenoxy) is 1. The van der Waals surface area contributed by atoms with Crippen molar-refractivity contribution in [3.8, 4) is 0 Å². The van der Waals surface area contributed by atoms with Crippen LogP contribution in [-0.2, 0) is 4.74 Å². The molecular formula is C18H27NO2.